The highest BCUT2D eigenvalue weighted by Gasteiger charge is 2.24. The molecule has 1 aromatic heterocycles. The van der Waals surface area contributed by atoms with Gasteiger partial charge in [-0.2, -0.15) is 0 Å². The van der Waals surface area contributed by atoms with Gasteiger partial charge in [-0.15, -0.1) is 0 Å². The number of nitrogens with one attached hydrogen (secondary N) is 1. The zero-order valence-corrected chi connectivity index (χ0v) is 16.4. The number of Topliss-reactive ketones (excluding diaryl/α,β-unsaturated/α-hetero) is 1. The second-order valence-electron chi connectivity index (χ2n) is 5.47. The van der Waals surface area contributed by atoms with Gasteiger partial charge in [0.05, 0.1) is 24.3 Å². The van der Waals surface area contributed by atoms with E-state index in [0.29, 0.717) is 27.0 Å². The summed E-state index contributed by atoms with van der Waals surface area (Å²) in [6, 6.07) is 4.81. The maximum absolute atomic E-state index is 12.3. The van der Waals surface area contributed by atoms with E-state index in [0.717, 1.165) is 0 Å². The van der Waals surface area contributed by atoms with Crippen molar-refractivity contribution in [1.82, 2.24) is 4.98 Å². The summed E-state index contributed by atoms with van der Waals surface area (Å²) in [5.74, 6) is -1.04. The molecule has 1 heterocycles. The van der Waals surface area contributed by atoms with Crippen LogP contribution >= 0.6 is 15.9 Å². The van der Waals surface area contributed by atoms with Crippen LogP contribution in [0.4, 0.5) is 0 Å². The molecule has 0 unspecified atom stereocenters. The number of rotatable bonds is 6. The van der Waals surface area contributed by atoms with Gasteiger partial charge in [0.1, 0.15) is 11.4 Å². The normalized spacial score (nSPS) is 10.3. The Kier molecular flexibility index (Phi) is 6.20. The van der Waals surface area contributed by atoms with Crippen LogP contribution in [0.5, 0.6) is 5.75 Å². The maximum atomic E-state index is 12.3. The third-order valence-corrected chi connectivity index (χ3v) is 4.46. The van der Waals surface area contributed by atoms with Crippen molar-refractivity contribution in [3.05, 3.63) is 50.8 Å². The Morgan fingerprint density at radius 1 is 1.12 bits per heavy atom. The predicted octanol–water partition coefficient (Wildman–Crippen LogP) is 3.23. The minimum Gasteiger partial charge on any atom is -0.496 e. The third-order valence-electron chi connectivity index (χ3n) is 3.84. The van der Waals surface area contributed by atoms with Crippen LogP contribution in [-0.4, -0.2) is 43.5 Å². The molecule has 0 atom stereocenters. The molecule has 0 radical (unpaired) electrons. The van der Waals surface area contributed by atoms with Gasteiger partial charge in [-0.3, -0.25) is 4.79 Å². The molecule has 0 fully saturated rings. The number of ketones is 1. The number of aromatic amines is 1. The van der Waals surface area contributed by atoms with Crippen molar-refractivity contribution in [3.8, 4) is 5.75 Å². The summed E-state index contributed by atoms with van der Waals surface area (Å²) in [4.78, 5) is 39.0. The van der Waals surface area contributed by atoms with Crippen molar-refractivity contribution in [2.75, 3.05) is 20.8 Å². The SMILES string of the molecule is COC(=O)c1c(C)[nH]c(C(=O)OCC(=O)c2ccc(OC)c(Br)c2)c1C. The fraction of sp³-hybridized carbons (Fsp3) is 0.278. The van der Waals surface area contributed by atoms with Crippen LogP contribution in [-0.2, 0) is 9.47 Å². The molecule has 0 aliphatic carbocycles. The molecule has 0 aliphatic heterocycles. The molecule has 0 aliphatic rings. The van der Waals surface area contributed by atoms with Crippen LogP contribution in [0.15, 0.2) is 22.7 Å². The second-order valence-corrected chi connectivity index (χ2v) is 6.32. The molecule has 0 saturated carbocycles. The molecule has 0 spiro atoms. The number of halogens is 1. The quantitative estimate of drug-likeness (QED) is 0.565. The molecule has 1 N–H and O–H groups in total. The van der Waals surface area contributed by atoms with Crippen LogP contribution in [0.1, 0.15) is 42.5 Å². The van der Waals surface area contributed by atoms with E-state index in [4.69, 9.17) is 14.2 Å². The number of carbonyl (C=O) groups excluding carboxylic acids is 3. The molecule has 26 heavy (non-hydrogen) atoms. The number of hydrogen-bond acceptors (Lipinski definition) is 6. The van der Waals surface area contributed by atoms with E-state index in [1.165, 1.54) is 14.2 Å². The van der Waals surface area contributed by atoms with Crippen LogP contribution in [0.2, 0.25) is 0 Å². The molecule has 7 nitrogen and oxygen atoms in total. The summed E-state index contributed by atoms with van der Waals surface area (Å²) < 4.78 is 15.5. The lowest BCUT2D eigenvalue weighted by molar-refractivity contribution is 0.0468. The maximum Gasteiger partial charge on any atom is 0.355 e. The Hall–Kier alpha value is -2.61. The zero-order chi connectivity index (χ0) is 19.4. The standard InChI is InChI=1S/C18H18BrNO6/c1-9-15(17(22)25-4)10(2)20-16(9)18(23)26-8-13(21)11-5-6-14(24-3)12(19)7-11/h5-7,20H,8H2,1-4H3. The molecule has 0 saturated heterocycles. The first-order chi connectivity index (χ1) is 12.3. The Labute approximate surface area is 158 Å². The Morgan fingerprint density at radius 2 is 1.81 bits per heavy atom. The number of ether oxygens (including phenoxy) is 3. The van der Waals surface area contributed by atoms with Gasteiger partial charge >= 0.3 is 11.9 Å². The summed E-state index contributed by atoms with van der Waals surface area (Å²) in [5.41, 5.74) is 1.68. The molecule has 2 aromatic rings. The average molecular weight is 424 g/mol. The third kappa shape index (κ3) is 3.96. The zero-order valence-electron chi connectivity index (χ0n) is 14.8. The predicted molar refractivity (Wildman–Crippen MR) is 96.9 cm³/mol. The Morgan fingerprint density at radius 3 is 2.38 bits per heavy atom. The monoisotopic (exact) mass is 423 g/mol. The van der Waals surface area contributed by atoms with Gasteiger partial charge in [0.2, 0.25) is 0 Å². The second kappa shape index (κ2) is 8.18. The van der Waals surface area contributed by atoms with Gasteiger partial charge in [0.15, 0.2) is 12.4 Å². The molecule has 0 bridgehead atoms. The van der Waals surface area contributed by atoms with E-state index in [-0.39, 0.29) is 17.0 Å². The first-order valence-electron chi connectivity index (χ1n) is 7.61. The van der Waals surface area contributed by atoms with Crippen LogP contribution in [0, 0.1) is 13.8 Å². The van der Waals surface area contributed by atoms with Gasteiger partial charge in [0.25, 0.3) is 0 Å². The van der Waals surface area contributed by atoms with Gasteiger partial charge in [-0.25, -0.2) is 9.59 Å². The molecule has 2 rings (SSSR count). The number of benzene rings is 1. The van der Waals surface area contributed by atoms with E-state index in [1.807, 2.05) is 0 Å². The minimum atomic E-state index is -0.721. The van der Waals surface area contributed by atoms with E-state index in [2.05, 4.69) is 20.9 Å². The summed E-state index contributed by atoms with van der Waals surface area (Å²) in [5, 5.41) is 0. The Balaban J connectivity index is 2.10. The lowest BCUT2D eigenvalue weighted by Crippen LogP contribution is -2.15. The molecule has 1 aromatic carbocycles. The molecular weight excluding hydrogens is 406 g/mol. The number of aryl methyl sites for hydroxylation is 1. The lowest BCUT2D eigenvalue weighted by Gasteiger charge is -2.07. The van der Waals surface area contributed by atoms with Crippen LogP contribution < -0.4 is 4.74 Å². The van der Waals surface area contributed by atoms with E-state index < -0.39 is 18.5 Å². The minimum absolute atomic E-state index is 0.117. The van der Waals surface area contributed by atoms with Gasteiger partial charge in [-0.1, -0.05) is 0 Å². The van der Waals surface area contributed by atoms with E-state index in [9.17, 15) is 14.4 Å². The number of H-pyrrole nitrogens is 1. The van der Waals surface area contributed by atoms with Gasteiger partial charge in [0, 0.05) is 11.3 Å². The van der Waals surface area contributed by atoms with Gasteiger partial charge < -0.3 is 19.2 Å². The first-order valence-corrected chi connectivity index (χ1v) is 8.40. The fourth-order valence-electron chi connectivity index (χ4n) is 2.49. The van der Waals surface area contributed by atoms with Crippen molar-refractivity contribution in [2.45, 2.75) is 13.8 Å². The highest BCUT2D eigenvalue weighted by molar-refractivity contribution is 9.10. The van der Waals surface area contributed by atoms with Crippen LogP contribution in [0.3, 0.4) is 0 Å². The Bertz CT molecular complexity index is 871. The smallest absolute Gasteiger partial charge is 0.355 e. The first kappa shape index (κ1) is 19.7. The van der Waals surface area contributed by atoms with Crippen molar-refractivity contribution in [3.63, 3.8) is 0 Å². The molecule has 8 heteroatoms. The summed E-state index contributed by atoms with van der Waals surface area (Å²) in [7, 11) is 2.78. The molecule has 138 valence electrons. The van der Waals surface area contributed by atoms with Crippen molar-refractivity contribution in [2.24, 2.45) is 0 Å². The van der Waals surface area contributed by atoms with Gasteiger partial charge in [-0.05, 0) is 53.5 Å². The van der Waals surface area contributed by atoms with Crippen molar-refractivity contribution < 1.29 is 28.6 Å². The van der Waals surface area contributed by atoms with Crippen LogP contribution in [0.25, 0.3) is 0 Å². The topological polar surface area (TPSA) is 94.7 Å². The summed E-state index contributed by atoms with van der Waals surface area (Å²) in [6.07, 6.45) is 0. The van der Waals surface area contributed by atoms with E-state index in [1.54, 1.807) is 32.0 Å². The van der Waals surface area contributed by atoms with E-state index >= 15 is 0 Å². The number of methoxy groups -OCH3 is 2. The van der Waals surface area contributed by atoms with Crippen molar-refractivity contribution >= 4 is 33.7 Å². The number of hydrogen-bond donors (Lipinski definition) is 1. The lowest BCUT2D eigenvalue weighted by atomic mass is 10.1. The highest BCUT2D eigenvalue weighted by atomic mass is 79.9. The molecule has 0 amide bonds. The number of aromatic nitrogens is 1. The molecular formula is C18H18BrNO6. The summed E-state index contributed by atoms with van der Waals surface area (Å²) in [6.45, 7) is 2.83. The fourth-order valence-corrected chi connectivity index (χ4v) is 3.03. The number of esters is 2. The highest BCUT2D eigenvalue weighted by Crippen LogP contribution is 2.26. The average Bonchev–Trinajstić information content (AvgIpc) is 2.93. The number of carbonyl (C=O) groups is 3. The largest absolute Gasteiger partial charge is 0.496 e. The summed E-state index contributed by atoms with van der Waals surface area (Å²) >= 11 is 3.30. The van der Waals surface area contributed by atoms with Crippen molar-refractivity contribution in [1.29, 1.82) is 0 Å².